The Morgan fingerprint density at radius 3 is 2.34 bits per heavy atom. The van der Waals surface area contributed by atoms with Gasteiger partial charge in [0.25, 0.3) is 15.9 Å². The first-order valence-electron chi connectivity index (χ1n) is 18.5. The average molecular weight is 789 g/mol. The van der Waals surface area contributed by atoms with E-state index in [0.29, 0.717) is 18.8 Å². The molecule has 1 saturated heterocycles. The lowest BCUT2D eigenvalue weighted by Gasteiger charge is -2.36. The van der Waals surface area contributed by atoms with Crippen molar-refractivity contribution in [1.29, 1.82) is 0 Å². The Labute approximate surface area is 331 Å². The van der Waals surface area contributed by atoms with E-state index in [-0.39, 0.29) is 16.1 Å². The van der Waals surface area contributed by atoms with E-state index in [4.69, 9.17) is 4.74 Å². The van der Waals surface area contributed by atoms with Crippen LogP contribution in [0.1, 0.15) is 22.8 Å². The molecule has 1 fully saturated rings. The van der Waals surface area contributed by atoms with Gasteiger partial charge in [0, 0.05) is 72.9 Å². The molecule has 1 aromatic heterocycles. The SMILES string of the molecule is CCOc1cncc(-c2ccc(CN3CCN(c4ccc(C(=O)NS(=O)(=O)c5ccc(NCCSc6ccccc6)c(NO)c5)cc4)CC3)c3ccccc23)c1. The van der Waals surface area contributed by atoms with Crippen LogP contribution in [-0.4, -0.2) is 74.5 Å². The fourth-order valence-electron chi connectivity index (χ4n) is 6.84. The van der Waals surface area contributed by atoms with E-state index in [1.54, 1.807) is 36.2 Å². The van der Waals surface area contributed by atoms with Gasteiger partial charge in [-0.3, -0.25) is 25.4 Å². The van der Waals surface area contributed by atoms with Gasteiger partial charge < -0.3 is 15.0 Å². The van der Waals surface area contributed by atoms with Gasteiger partial charge in [-0.15, -0.1) is 11.8 Å². The van der Waals surface area contributed by atoms with Gasteiger partial charge in [-0.25, -0.2) is 13.1 Å². The molecule has 1 aliphatic rings. The highest BCUT2D eigenvalue weighted by Crippen LogP contribution is 2.33. The van der Waals surface area contributed by atoms with Crippen molar-refractivity contribution >= 4 is 55.5 Å². The summed E-state index contributed by atoms with van der Waals surface area (Å²) in [5.41, 5.74) is 7.37. The Morgan fingerprint density at radius 1 is 0.839 bits per heavy atom. The van der Waals surface area contributed by atoms with Crippen molar-refractivity contribution in [2.45, 2.75) is 23.3 Å². The summed E-state index contributed by atoms with van der Waals surface area (Å²) in [4.78, 5) is 23.2. The molecular formula is C43H44N6O5S2. The number of fused-ring (bicyclic) bond motifs is 1. The third-order valence-corrected chi connectivity index (χ3v) is 12.0. The number of carbonyl (C=O) groups is 1. The largest absolute Gasteiger partial charge is 0.492 e. The van der Waals surface area contributed by atoms with E-state index >= 15 is 0 Å². The van der Waals surface area contributed by atoms with Crippen molar-refractivity contribution in [1.82, 2.24) is 14.6 Å². The van der Waals surface area contributed by atoms with Crippen molar-refractivity contribution in [2.75, 3.05) is 60.8 Å². The molecule has 0 saturated carbocycles. The smallest absolute Gasteiger partial charge is 0.264 e. The average Bonchev–Trinajstić information content (AvgIpc) is 3.23. The molecule has 2 heterocycles. The lowest BCUT2D eigenvalue weighted by Crippen LogP contribution is -2.46. The van der Waals surface area contributed by atoms with Gasteiger partial charge in [0.15, 0.2) is 0 Å². The molecule has 13 heteroatoms. The summed E-state index contributed by atoms with van der Waals surface area (Å²) in [6.45, 7) is 7.30. The molecule has 56 heavy (non-hydrogen) atoms. The highest BCUT2D eigenvalue weighted by atomic mass is 32.2. The topological polar surface area (TPSA) is 136 Å². The van der Waals surface area contributed by atoms with Crippen LogP contribution >= 0.6 is 11.8 Å². The van der Waals surface area contributed by atoms with Gasteiger partial charge >= 0.3 is 0 Å². The van der Waals surface area contributed by atoms with Crippen LogP contribution in [0.5, 0.6) is 5.75 Å². The Hall–Kier alpha value is -5.60. The number of nitrogens with one attached hydrogen (secondary N) is 3. The van der Waals surface area contributed by atoms with Crippen LogP contribution in [0.2, 0.25) is 0 Å². The summed E-state index contributed by atoms with van der Waals surface area (Å²) < 4.78 is 34.2. The van der Waals surface area contributed by atoms with E-state index < -0.39 is 15.9 Å². The second-order valence-corrected chi connectivity index (χ2v) is 16.2. The van der Waals surface area contributed by atoms with Gasteiger partial charge in [0.2, 0.25) is 0 Å². The van der Waals surface area contributed by atoms with E-state index in [1.807, 2.05) is 61.7 Å². The number of thioether (sulfide) groups is 1. The molecule has 5 aromatic carbocycles. The molecule has 1 amide bonds. The Morgan fingerprint density at radius 2 is 1.59 bits per heavy atom. The number of anilines is 3. The second kappa shape index (κ2) is 17.9. The summed E-state index contributed by atoms with van der Waals surface area (Å²) in [7, 11) is -4.22. The maximum Gasteiger partial charge on any atom is 0.264 e. The molecule has 4 N–H and O–H groups in total. The fourth-order valence-corrected chi connectivity index (χ4v) is 8.63. The fraction of sp³-hybridized carbons (Fsp3) is 0.209. The van der Waals surface area contributed by atoms with E-state index in [1.165, 1.54) is 28.5 Å². The lowest BCUT2D eigenvalue weighted by atomic mass is 9.95. The minimum absolute atomic E-state index is 0.158. The van der Waals surface area contributed by atoms with Crippen molar-refractivity contribution in [3.63, 3.8) is 0 Å². The summed E-state index contributed by atoms with van der Waals surface area (Å²) in [6.07, 6.45) is 3.62. The highest BCUT2D eigenvalue weighted by Gasteiger charge is 2.22. The van der Waals surface area contributed by atoms with Crippen LogP contribution < -0.4 is 25.2 Å². The maximum atomic E-state index is 13.2. The number of ether oxygens (including phenoxy) is 1. The number of hydrogen-bond acceptors (Lipinski definition) is 11. The number of nitrogens with zero attached hydrogens (tertiary/aromatic N) is 3. The zero-order valence-corrected chi connectivity index (χ0v) is 32.7. The van der Waals surface area contributed by atoms with Crippen LogP contribution in [0, 0.1) is 0 Å². The number of piperazine rings is 1. The predicted molar refractivity (Wildman–Crippen MR) is 224 cm³/mol. The second-order valence-electron chi connectivity index (χ2n) is 13.3. The maximum absolute atomic E-state index is 13.2. The van der Waals surface area contributed by atoms with Gasteiger partial charge in [-0.2, -0.15) is 0 Å². The molecule has 0 bridgehead atoms. The van der Waals surface area contributed by atoms with Gasteiger partial charge in [-0.1, -0.05) is 54.6 Å². The molecule has 1 aliphatic heterocycles. The highest BCUT2D eigenvalue weighted by molar-refractivity contribution is 7.99. The number of carbonyl (C=O) groups excluding carboxylic acids is 1. The molecule has 0 atom stereocenters. The third kappa shape index (κ3) is 9.25. The summed E-state index contributed by atoms with van der Waals surface area (Å²) in [5, 5.41) is 15.3. The van der Waals surface area contributed by atoms with Crippen molar-refractivity contribution in [2.24, 2.45) is 0 Å². The minimum atomic E-state index is -4.22. The zero-order chi connectivity index (χ0) is 38.9. The Balaban J connectivity index is 0.929. The van der Waals surface area contributed by atoms with E-state index in [0.717, 1.165) is 65.9 Å². The monoisotopic (exact) mass is 788 g/mol. The summed E-state index contributed by atoms with van der Waals surface area (Å²) >= 11 is 1.68. The van der Waals surface area contributed by atoms with Crippen LogP contribution in [0.4, 0.5) is 17.1 Å². The van der Waals surface area contributed by atoms with Crippen molar-refractivity contribution in [3.8, 4) is 16.9 Å². The quantitative estimate of drug-likeness (QED) is 0.0462. The summed E-state index contributed by atoms with van der Waals surface area (Å²) in [5.74, 6) is 0.780. The van der Waals surface area contributed by atoms with Crippen LogP contribution in [-0.2, 0) is 16.6 Å². The Bertz CT molecular complexity index is 2390. The predicted octanol–water partition coefficient (Wildman–Crippen LogP) is 7.75. The molecule has 6 aromatic rings. The first-order chi connectivity index (χ1) is 27.3. The Kier molecular flexibility index (Phi) is 12.4. The number of aromatic nitrogens is 1. The molecule has 0 spiro atoms. The normalized spacial score (nSPS) is 13.4. The zero-order valence-electron chi connectivity index (χ0n) is 31.0. The first-order valence-corrected chi connectivity index (χ1v) is 21.0. The molecular weight excluding hydrogens is 745 g/mol. The number of rotatable bonds is 15. The molecule has 7 rings (SSSR count). The van der Waals surface area contributed by atoms with Crippen molar-refractivity contribution in [3.05, 3.63) is 139 Å². The number of amides is 1. The van der Waals surface area contributed by atoms with Crippen molar-refractivity contribution < 1.29 is 23.2 Å². The lowest BCUT2D eigenvalue weighted by molar-refractivity contribution is 0.0981. The molecule has 0 aliphatic carbocycles. The van der Waals surface area contributed by atoms with E-state index in [9.17, 15) is 18.4 Å². The summed E-state index contributed by atoms with van der Waals surface area (Å²) in [6, 6.07) is 36.1. The standard InChI is InChI=1S/C43H44N6O5S2/c1-2-54-35-26-33(28-44-29-35)39-18-14-32(38-10-6-7-11-40(38)39)30-48-21-23-49(24-22-48)34-15-12-31(13-16-34)43(50)47-56(52,53)37-17-19-41(42(27-37)46-51)45-20-25-55-36-8-4-3-5-9-36/h3-19,26-29,45-46,51H,2,20-25,30H2,1H3,(H,47,50). The molecule has 0 radical (unpaired) electrons. The van der Waals surface area contributed by atoms with Gasteiger partial charge in [0.05, 0.1) is 29.1 Å². The van der Waals surface area contributed by atoms with Crippen LogP contribution in [0.25, 0.3) is 21.9 Å². The number of hydrogen-bond donors (Lipinski definition) is 4. The minimum Gasteiger partial charge on any atom is -0.492 e. The van der Waals surface area contributed by atoms with Gasteiger partial charge in [0.1, 0.15) is 5.75 Å². The number of pyridine rings is 1. The first kappa shape index (κ1) is 38.7. The van der Waals surface area contributed by atoms with E-state index in [2.05, 4.69) is 66.7 Å². The number of benzene rings is 5. The molecule has 11 nitrogen and oxygen atoms in total. The van der Waals surface area contributed by atoms with Gasteiger partial charge in [-0.05, 0) is 89.5 Å². The molecule has 288 valence electrons. The van der Waals surface area contributed by atoms with Crippen LogP contribution in [0.15, 0.2) is 137 Å². The molecule has 0 unspecified atom stereocenters. The number of sulfonamides is 1. The van der Waals surface area contributed by atoms with Crippen LogP contribution in [0.3, 0.4) is 0 Å². The third-order valence-electron chi connectivity index (χ3n) is 9.69.